The second kappa shape index (κ2) is 3.99. The molecule has 0 aromatic heterocycles. The summed E-state index contributed by atoms with van der Waals surface area (Å²) >= 11 is 0. The third kappa shape index (κ3) is 2.28. The summed E-state index contributed by atoms with van der Waals surface area (Å²) in [5.41, 5.74) is 6.87. The second-order valence-electron chi connectivity index (χ2n) is 7.12. The van der Waals surface area contributed by atoms with Crippen molar-refractivity contribution in [2.75, 3.05) is 20.1 Å². The molecule has 0 amide bonds. The summed E-state index contributed by atoms with van der Waals surface area (Å²) in [5, 5.41) is 0. The molecule has 16 heavy (non-hydrogen) atoms. The molecule has 3 atom stereocenters. The van der Waals surface area contributed by atoms with Gasteiger partial charge in [0.25, 0.3) is 0 Å². The lowest BCUT2D eigenvalue weighted by Gasteiger charge is -2.39. The Kier molecular flexibility index (Phi) is 3.09. The van der Waals surface area contributed by atoms with Gasteiger partial charge in [0.15, 0.2) is 0 Å². The lowest BCUT2D eigenvalue weighted by molar-refractivity contribution is 0.112. The normalized spacial score (nSPS) is 41.6. The first-order valence-corrected chi connectivity index (χ1v) is 6.80. The first kappa shape index (κ1) is 12.4. The van der Waals surface area contributed by atoms with Gasteiger partial charge in [-0.3, -0.25) is 4.90 Å². The topological polar surface area (TPSA) is 29.3 Å². The number of likely N-dealkylation sites (N-methyl/N-ethyl adjacent to an activating group) is 1. The highest BCUT2D eigenvalue weighted by atomic mass is 15.2. The summed E-state index contributed by atoms with van der Waals surface area (Å²) in [5.74, 6) is 1.89. The number of rotatable bonds is 4. The average molecular weight is 224 g/mol. The van der Waals surface area contributed by atoms with Crippen LogP contribution in [0, 0.1) is 17.3 Å². The van der Waals surface area contributed by atoms with Crippen molar-refractivity contribution in [3.8, 4) is 0 Å². The molecular weight excluding hydrogens is 196 g/mol. The quantitative estimate of drug-likeness (QED) is 0.795. The minimum atomic E-state index is 0.297. The van der Waals surface area contributed by atoms with Gasteiger partial charge >= 0.3 is 0 Å². The summed E-state index contributed by atoms with van der Waals surface area (Å²) in [6.45, 7) is 9.23. The molecule has 2 rings (SSSR count). The third-order valence-electron chi connectivity index (χ3n) is 5.05. The van der Waals surface area contributed by atoms with E-state index in [-0.39, 0.29) is 0 Å². The summed E-state index contributed by atoms with van der Waals surface area (Å²) in [4.78, 5) is 2.58. The number of hydrogen-bond donors (Lipinski definition) is 1. The predicted molar refractivity (Wildman–Crippen MR) is 69.3 cm³/mol. The van der Waals surface area contributed by atoms with E-state index in [1.165, 1.54) is 32.2 Å². The Balaban J connectivity index is 1.98. The van der Waals surface area contributed by atoms with E-state index in [0.717, 1.165) is 18.4 Å². The van der Waals surface area contributed by atoms with Gasteiger partial charge in [0.2, 0.25) is 0 Å². The highest BCUT2D eigenvalue weighted by molar-refractivity contribution is 5.02. The second-order valence-corrected chi connectivity index (χ2v) is 7.12. The molecule has 2 nitrogen and oxygen atoms in total. The van der Waals surface area contributed by atoms with Gasteiger partial charge in [0.1, 0.15) is 0 Å². The van der Waals surface area contributed by atoms with E-state index in [1.807, 2.05) is 0 Å². The average Bonchev–Trinajstić information content (AvgIpc) is 2.76. The van der Waals surface area contributed by atoms with Crippen molar-refractivity contribution in [1.82, 2.24) is 4.90 Å². The predicted octanol–water partition coefficient (Wildman–Crippen LogP) is 2.48. The Morgan fingerprint density at radius 1 is 1.31 bits per heavy atom. The van der Waals surface area contributed by atoms with Crippen LogP contribution in [0.1, 0.15) is 46.5 Å². The molecule has 0 heterocycles. The van der Waals surface area contributed by atoms with Crippen LogP contribution in [0.4, 0.5) is 0 Å². The van der Waals surface area contributed by atoms with E-state index in [9.17, 15) is 0 Å². The zero-order valence-electron chi connectivity index (χ0n) is 11.4. The maximum Gasteiger partial charge on any atom is 0.0334 e. The van der Waals surface area contributed by atoms with Crippen LogP contribution in [-0.4, -0.2) is 30.6 Å². The van der Waals surface area contributed by atoms with Gasteiger partial charge in [0.05, 0.1) is 0 Å². The van der Waals surface area contributed by atoms with Crippen LogP contribution in [0.15, 0.2) is 0 Å². The monoisotopic (exact) mass is 224 g/mol. The molecule has 0 radical (unpaired) electrons. The highest BCUT2D eigenvalue weighted by Gasteiger charge is 2.46. The molecule has 2 fully saturated rings. The molecule has 2 saturated carbocycles. The van der Waals surface area contributed by atoms with Gasteiger partial charge in [0, 0.05) is 18.6 Å². The Labute approximate surface area is 101 Å². The van der Waals surface area contributed by atoms with Crippen molar-refractivity contribution < 1.29 is 0 Å². The summed E-state index contributed by atoms with van der Waals surface area (Å²) in [6, 6.07) is 0. The van der Waals surface area contributed by atoms with E-state index in [2.05, 4.69) is 32.7 Å². The first-order chi connectivity index (χ1) is 7.38. The van der Waals surface area contributed by atoms with E-state index >= 15 is 0 Å². The molecule has 0 saturated heterocycles. The lowest BCUT2D eigenvalue weighted by atomic mass is 9.86. The zero-order chi connectivity index (χ0) is 12.0. The van der Waals surface area contributed by atoms with Gasteiger partial charge < -0.3 is 5.73 Å². The molecule has 94 valence electrons. The number of hydrogen-bond acceptors (Lipinski definition) is 2. The fourth-order valence-corrected chi connectivity index (χ4v) is 3.49. The molecular formula is C14H28N2. The van der Waals surface area contributed by atoms with Gasteiger partial charge in [-0.1, -0.05) is 20.8 Å². The van der Waals surface area contributed by atoms with E-state index in [0.29, 0.717) is 11.0 Å². The largest absolute Gasteiger partial charge is 0.329 e. The van der Waals surface area contributed by atoms with E-state index in [1.54, 1.807) is 0 Å². The fraction of sp³-hybridized carbons (Fsp3) is 1.00. The Morgan fingerprint density at radius 2 is 1.94 bits per heavy atom. The molecule has 2 aliphatic carbocycles. The Morgan fingerprint density at radius 3 is 2.31 bits per heavy atom. The zero-order valence-corrected chi connectivity index (χ0v) is 11.4. The molecule has 2 heteroatoms. The van der Waals surface area contributed by atoms with E-state index < -0.39 is 0 Å². The van der Waals surface area contributed by atoms with Crippen molar-refractivity contribution in [2.24, 2.45) is 23.0 Å². The Bertz CT molecular complexity index is 261. The molecule has 0 aromatic carbocycles. The molecule has 0 bridgehead atoms. The number of nitrogens with zero attached hydrogens (tertiary/aromatic N) is 1. The maximum absolute atomic E-state index is 6.08. The van der Waals surface area contributed by atoms with Gasteiger partial charge in [-0.05, 0) is 50.0 Å². The molecule has 2 aliphatic rings. The molecule has 3 unspecified atom stereocenters. The maximum atomic E-state index is 6.08. The molecule has 0 aliphatic heterocycles. The smallest absolute Gasteiger partial charge is 0.0334 e. The van der Waals surface area contributed by atoms with Crippen LogP contribution in [0.2, 0.25) is 0 Å². The lowest BCUT2D eigenvalue weighted by Crippen LogP contribution is -2.51. The summed E-state index contributed by atoms with van der Waals surface area (Å²) < 4.78 is 0. The Hall–Kier alpha value is -0.0800. The standard InChI is InChI=1S/C14H28N2/c1-11-7-12(11)8-16(4)14(10-15)6-5-13(2,3)9-14/h11-12H,5-10,15H2,1-4H3. The van der Waals surface area contributed by atoms with Crippen molar-refractivity contribution in [2.45, 2.75) is 52.0 Å². The van der Waals surface area contributed by atoms with Crippen LogP contribution in [0.3, 0.4) is 0 Å². The van der Waals surface area contributed by atoms with Gasteiger partial charge in [-0.25, -0.2) is 0 Å². The summed E-state index contributed by atoms with van der Waals surface area (Å²) in [7, 11) is 2.29. The molecule has 0 aromatic rings. The van der Waals surface area contributed by atoms with Crippen LogP contribution in [0.5, 0.6) is 0 Å². The van der Waals surface area contributed by atoms with Crippen LogP contribution >= 0.6 is 0 Å². The highest BCUT2D eigenvalue weighted by Crippen LogP contribution is 2.47. The SMILES string of the molecule is CC1CC1CN(C)C1(CN)CCC(C)(C)C1. The van der Waals surface area contributed by atoms with Crippen molar-refractivity contribution >= 4 is 0 Å². The third-order valence-corrected chi connectivity index (χ3v) is 5.05. The van der Waals surface area contributed by atoms with Crippen LogP contribution in [0.25, 0.3) is 0 Å². The molecule has 2 N–H and O–H groups in total. The first-order valence-electron chi connectivity index (χ1n) is 6.80. The van der Waals surface area contributed by atoms with Crippen molar-refractivity contribution in [1.29, 1.82) is 0 Å². The van der Waals surface area contributed by atoms with Crippen molar-refractivity contribution in [3.05, 3.63) is 0 Å². The fourth-order valence-electron chi connectivity index (χ4n) is 3.49. The van der Waals surface area contributed by atoms with Gasteiger partial charge in [-0.15, -0.1) is 0 Å². The van der Waals surface area contributed by atoms with Gasteiger partial charge in [-0.2, -0.15) is 0 Å². The van der Waals surface area contributed by atoms with Crippen LogP contribution in [-0.2, 0) is 0 Å². The molecule has 0 spiro atoms. The van der Waals surface area contributed by atoms with Crippen molar-refractivity contribution in [3.63, 3.8) is 0 Å². The minimum Gasteiger partial charge on any atom is -0.329 e. The minimum absolute atomic E-state index is 0.297. The van der Waals surface area contributed by atoms with Crippen LogP contribution < -0.4 is 5.73 Å². The van der Waals surface area contributed by atoms with E-state index in [4.69, 9.17) is 5.73 Å². The number of nitrogens with two attached hydrogens (primary N) is 1. The summed E-state index contributed by atoms with van der Waals surface area (Å²) in [6.07, 6.45) is 5.31.